The first kappa shape index (κ1) is 21.9. The highest BCUT2D eigenvalue weighted by molar-refractivity contribution is 5.98. The van der Waals surface area contributed by atoms with Crippen LogP contribution in [0.25, 0.3) is 0 Å². The molecule has 32 heavy (non-hydrogen) atoms. The Kier molecular flexibility index (Phi) is 6.79. The fourth-order valence-electron chi connectivity index (χ4n) is 4.52. The first-order valence-corrected chi connectivity index (χ1v) is 11.3. The lowest BCUT2D eigenvalue weighted by atomic mass is 9.91. The maximum Gasteiger partial charge on any atom is 0.273 e. The van der Waals surface area contributed by atoms with Gasteiger partial charge in [-0.2, -0.15) is 4.98 Å². The molecule has 1 heterocycles. The summed E-state index contributed by atoms with van der Waals surface area (Å²) in [6, 6.07) is 6.15. The maximum atomic E-state index is 12.0. The highest BCUT2D eigenvalue weighted by atomic mass is 16.1. The van der Waals surface area contributed by atoms with Crippen molar-refractivity contribution in [3.63, 3.8) is 0 Å². The Labute approximate surface area is 187 Å². The van der Waals surface area contributed by atoms with E-state index in [-0.39, 0.29) is 29.5 Å². The van der Waals surface area contributed by atoms with Gasteiger partial charge in [0.05, 0.1) is 5.69 Å². The average Bonchev–Trinajstić information content (AvgIpc) is 3.29. The summed E-state index contributed by atoms with van der Waals surface area (Å²) in [5.74, 6) is -0.248. The number of nitrogens with two attached hydrogens (primary N) is 2. The van der Waals surface area contributed by atoms with E-state index in [1.54, 1.807) is 0 Å². The number of nitrogens with one attached hydrogen (secondary N) is 4. The molecule has 2 saturated carbocycles. The van der Waals surface area contributed by atoms with Crippen molar-refractivity contribution in [2.24, 2.45) is 11.5 Å². The van der Waals surface area contributed by atoms with E-state index in [4.69, 9.17) is 16.9 Å². The van der Waals surface area contributed by atoms with Crippen molar-refractivity contribution in [1.29, 1.82) is 5.41 Å². The fraction of sp³-hybridized carbons (Fsp3) is 0.500. The third-order valence-electron chi connectivity index (χ3n) is 6.27. The molecule has 1 aromatic heterocycles. The second-order valence-electron chi connectivity index (χ2n) is 8.56. The van der Waals surface area contributed by atoms with Gasteiger partial charge in [0.1, 0.15) is 0 Å². The molecule has 0 saturated heterocycles. The Bertz CT molecular complexity index is 974. The summed E-state index contributed by atoms with van der Waals surface area (Å²) >= 11 is 0. The number of amides is 1. The molecule has 0 bridgehead atoms. The van der Waals surface area contributed by atoms with Crippen LogP contribution in [0.1, 0.15) is 67.4 Å². The van der Waals surface area contributed by atoms with Crippen molar-refractivity contribution in [3.8, 4) is 0 Å². The molecule has 1 aromatic carbocycles. The number of hydrogen-bond donors (Lipinski definition) is 6. The zero-order valence-corrected chi connectivity index (χ0v) is 18.1. The number of carbonyl (C=O) groups is 1. The number of anilines is 4. The van der Waals surface area contributed by atoms with E-state index in [9.17, 15) is 4.79 Å². The van der Waals surface area contributed by atoms with Crippen LogP contribution in [0.15, 0.2) is 18.2 Å². The molecule has 2 fully saturated rings. The molecular weight excluding hydrogens is 406 g/mol. The summed E-state index contributed by atoms with van der Waals surface area (Å²) in [6.07, 6.45) is 10.0. The molecule has 0 aliphatic heterocycles. The third-order valence-corrected chi connectivity index (χ3v) is 6.27. The van der Waals surface area contributed by atoms with E-state index in [0.717, 1.165) is 44.2 Å². The average molecular weight is 438 g/mol. The fourth-order valence-corrected chi connectivity index (χ4v) is 4.52. The van der Waals surface area contributed by atoms with Gasteiger partial charge in [-0.3, -0.25) is 4.79 Å². The molecular formula is C22H31N9O. The lowest BCUT2D eigenvalue weighted by molar-refractivity contribution is 0.0995. The smallest absolute Gasteiger partial charge is 0.273 e. The van der Waals surface area contributed by atoms with Gasteiger partial charge in [-0.05, 0) is 37.8 Å². The highest BCUT2D eigenvalue weighted by Crippen LogP contribution is 2.30. The first-order chi connectivity index (χ1) is 15.5. The lowest BCUT2D eigenvalue weighted by Crippen LogP contribution is -2.43. The predicted octanol–water partition coefficient (Wildman–Crippen LogP) is 2.75. The Morgan fingerprint density at radius 1 is 1.03 bits per heavy atom. The van der Waals surface area contributed by atoms with Gasteiger partial charge in [0.15, 0.2) is 11.5 Å². The quantitative estimate of drug-likeness (QED) is 0.343. The summed E-state index contributed by atoms with van der Waals surface area (Å²) in [6.45, 7) is 0. The van der Waals surface area contributed by atoms with E-state index >= 15 is 0 Å². The van der Waals surface area contributed by atoms with Gasteiger partial charge < -0.3 is 32.8 Å². The summed E-state index contributed by atoms with van der Waals surface area (Å²) in [5.41, 5.74) is 13.9. The second-order valence-corrected chi connectivity index (χ2v) is 8.56. The van der Waals surface area contributed by atoms with E-state index in [1.807, 2.05) is 18.2 Å². The molecule has 1 amide bonds. The molecule has 10 nitrogen and oxygen atoms in total. The van der Waals surface area contributed by atoms with E-state index in [0.29, 0.717) is 17.3 Å². The first-order valence-electron chi connectivity index (χ1n) is 11.3. The van der Waals surface area contributed by atoms with Gasteiger partial charge in [-0.25, -0.2) is 0 Å². The van der Waals surface area contributed by atoms with Crippen molar-refractivity contribution < 1.29 is 4.79 Å². The van der Waals surface area contributed by atoms with E-state index in [2.05, 4.69) is 31.1 Å². The molecule has 2 aliphatic carbocycles. The zero-order valence-electron chi connectivity index (χ0n) is 18.1. The number of carbonyl (C=O) groups excluding carboxylic acids is 1. The van der Waals surface area contributed by atoms with Crippen LogP contribution < -0.4 is 27.4 Å². The molecule has 8 N–H and O–H groups in total. The largest absolute Gasteiger partial charge is 0.382 e. The van der Waals surface area contributed by atoms with E-state index < -0.39 is 5.91 Å². The van der Waals surface area contributed by atoms with Gasteiger partial charge in [0, 0.05) is 35.6 Å². The summed E-state index contributed by atoms with van der Waals surface area (Å²) in [7, 11) is 0. The Balaban J connectivity index is 1.60. The zero-order chi connectivity index (χ0) is 22.5. The number of rotatable bonds is 8. The maximum absolute atomic E-state index is 12.0. The van der Waals surface area contributed by atoms with Gasteiger partial charge >= 0.3 is 0 Å². The van der Waals surface area contributed by atoms with Crippen molar-refractivity contribution in [1.82, 2.24) is 15.2 Å². The van der Waals surface area contributed by atoms with Crippen molar-refractivity contribution in [2.45, 2.75) is 69.5 Å². The van der Waals surface area contributed by atoms with Gasteiger partial charge in [0.2, 0.25) is 5.95 Å². The number of hydrogen-bond acceptors (Lipinski definition) is 9. The standard InChI is InChI=1S/C22H31N9O/c23-12-14-16(26-13-6-1-2-7-13)10-5-11-17(14)27-21-19(20(25)32)30-31-22(29-21)28-18-9-4-3-8-15(18)24/h5,10-13,15,18,23,26H,1-4,6-9,24H2,(H2,25,32)(H2,27,28,29,31)/t15-,18+/m0/s1. The van der Waals surface area contributed by atoms with Gasteiger partial charge in [-0.15, -0.1) is 10.2 Å². The second kappa shape index (κ2) is 9.90. The van der Waals surface area contributed by atoms with Crippen LogP contribution in [0.3, 0.4) is 0 Å². The van der Waals surface area contributed by atoms with Crippen LogP contribution in [-0.2, 0) is 0 Å². The molecule has 170 valence electrons. The van der Waals surface area contributed by atoms with Crippen LogP contribution in [0.5, 0.6) is 0 Å². The lowest BCUT2D eigenvalue weighted by Gasteiger charge is -2.29. The number of benzene rings is 1. The molecule has 2 atom stereocenters. The Morgan fingerprint density at radius 2 is 1.75 bits per heavy atom. The normalized spacial score (nSPS) is 21.2. The minimum Gasteiger partial charge on any atom is -0.382 e. The topological polar surface area (TPSA) is 168 Å². The van der Waals surface area contributed by atoms with Crippen molar-refractivity contribution in [2.75, 3.05) is 16.0 Å². The predicted molar refractivity (Wildman–Crippen MR) is 126 cm³/mol. The van der Waals surface area contributed by atoms with Crippen LogP contribution >= 0.6 is 0 Å². The molecule has 2 aliphatic rings. The van der Waals surface area contributed by atoms with Crippen LogP contribution in [0, 0.1) is 5.41 Å². The molecule has 2 aromatic rings. The van der Waals surface area contributed by atoms with Crippen LogP contribution in [0.2, 0.25) is 0 Å². The molecule has 0 unspecified atom stereocenters. The Hall–Kier alpha value is -3.27. The van der Waals surface area contributed by atoms with Gasteiger partial charge in [0.25, 0.3) is 5.91 Å². The number of aromatic nitrogens is 3. The van der Waals surface area contributed by atoms with Crippen molar-refractivity contribution in [3.05, 3.63) is 29.5 Å². The minimum atomic E-state index is -0.731. The number of primary amides is 1. The molecule has 10 heteroatoms. The third kappa shape index (κ3) is 4.96. The summed E-state index contributed by atoms with van der Waals surface area (Å²) < 4.78 is 0. The van der Waals surface area contributed by atoms with E-state index in [1.165, 1.54) is 19.1 Å². The molecule has 0 spiro atoms. The number of nitrogens with zero attached hydrogens (tertiary/aromatic N) is 3. The molecule has 4 rings (SSSR count). The van der Waals surface area contributed by atoms with Crippen LogP contribution in [-0.4, -0.2) is 45.4 Å². The monoisotopic (exact) mass is 437 g/mol. The molecule has 0 radical (unpaired) electrons. The van der Waals surface area contributed by atoms with Gasteiger partial charge in [-0.1, -0.05) is 31.7 Å². The highest BCUT2D eigenvalue weighted by Gasteiger charge is 2.24. The Morgan fingerprint density at radius 3 is 2.47 bits per heavy atom. The minimum absolute atomic E-state index is 0.0161. The SMILES string of the molecule is N=Cc1c(Nc2nc(N[C@@H]3CCCC[C@@H]3N)nnc2C(N)=O)cccc1NC1CCCC1. The van der Waals surface area contributed by atoms with Crippen molar-refractivity contribution >= 4 is 35.3 Å². The van der Waals surface area contributed by atoms with Crippen LogP contribution in [0.4, 0.5) is 23.1 Å². The summed E-state index contributed by atoms with van der Waals surface area (Å²) in [5, 5.41) is 25.9. The summed E-state index contributed by atoms with van der Waals surface area (Å²) in [4.78, 5) is 16.4.